The van der Waals surface area contributed by atoms with Crippen molar-refractivity contribution in [1.29, 1.82) is 0 Å². The highest BCUT2D eigenvalue weighted by molar-refractivity contribution is 5.10. The van der Waals surface area contributed by atoms with Crippen LogP contribution in [-0.4, -0.2) is 12.2 Å². The van der Waals surface area contributed by atoms with Gasteiger partial charge in [-0.3, -0.25) is 0 Å². The van der Waals surface area contributed by atoms with Gasteiger partial charge >= 0.3 is 0 Å². The van der Waals surface area contributed by atoms with Crippen molar-refractivity contribution in [3.8, 4) is 0 Å². The van der Waals surface area contributed by atoms with Crippen molar-refractivity contribution in [2.45, 2.75) is 78.2 Å². The van der Waals surface area contributed by atoms with Crippen molar-refractivity contribution in [2.24, 2.45) is 22.7 Å². The van der Waals surface area contributed by atoms with Crippen molar-refractivity contribution in [2.75, 3.05) is 6.61 Å². The molecule has 18 heavy (non-hydrogen) atoms. The van der Waals surface area contributed by atoms with Crippen LogP contribution in [0.2, 0.25) is 0 Å². The molecular formula is C17H30O. The van der Waals surface area contributed by atoms with Crippen molar-refractivity contribution in [3.05, 3.63) is 0 Å². The predicted molar refractivity (Wildman–Crippen MR) is 75.5 cm³/mol. The molecule has 3 aliphatic rings. The molecule has 2 saturated carbocycles. The highest BCUT2D eigenvalue weighted by atomic mass is 16.5. The number of fused-ring (bicyclic) bond motifs is 3. The second-order valence-electron chi connectivity index (χ2n) is 8.15. The van der Waals surface area contributed by atoms with Gasteiger partial charge in [-0.25, -0.2) is 0 Å². The average Bonchev–Trinajstić information content (AvgIpc) is 2.66. The Balaban J connectivity index is 1.92. The van der Waals surface area contributed by atoms with Crippen LogP contribution in [0.15, 0.2) is 0 Å². The maximum absolute atomic E-state index is 6.24. The van der Waals surface area contributed by atoms with Crippen molar-refractivity contribution < 1.29 is 4.74 Å². The van der Waals surface area contributed by atoms with Crippen LogP contribution in [0.3, 0.4) is 0 Å². The van der Waals surface area contributed by atoms with Gasteiger partial charge in [0.25, 0.3) is 0 Å². The Morgan fingerprint density at radius 1 is 1.06 bits per heavy atom. The Hall–Kier alpha value is -0.0400. The third kappa shape index (κ3) is 1.62. The largest absolute Gasteiger partial charge is 0.375 e. The Morgan fingerprint density at radius 2 is 1.83 bits per heavy atom. The van der Waals surface area contributed by atoms with E-state index in [4.69, 9.17) is 4.74 Å². The van der Waals surface area contributed by atoms with Gasteiger partial charge in [0.2, 0.25) is 0 Å². The number of hydrogen-bond donors (Lipinski definition) is 0. The van der Waals surface area contributed by atoms with Crippen LogP contribution in [0.5, 0.6) is 0 Å². The zero-order chi connectivity index (χ0) is 13.0. The van der Waals surface area contributed by atoms with E-state index in [1.54, 1.807) is 0 Å². The summed E-state index contributed by atoms with van der Waals surface area (Å²) in [4.78, 5) is 0. The summed E-state index contributed by atoms with van der Waals surface area (Å²) in [5, 5.41) is 0. The van der Waals surface area contributed by atoms with Crippen LogP contribution in [0, 0.1) is 22.7 Å². The smallest absolute Gasteiger partial charge is 0.0714 e. The maximum Gasteiger partial charge on any atom is 0.0714 e. The molecule has 0 bridgehead atoms. The molecule has 0 radical (unpaired) electrons. The van der Waals surface area contributed by atoms with E-state index < -0.39 is 0 Å². The molecule has 0 amide bonds. The van der Waals surface area contributed by atoms with Crippen LogP contribution < -0.4 is 0 Å². The second-order valence-corrected chi connectivity index (χ2v) is 8.15. The average molecular weight is 250 g/mol. The molecule has 0 aromatic rings. The lowest BCUT2D eigenvalue weighted by Gasteiger charge is -2.58. The molecule has 1 nitrogen and oxygen atoms in total. The quantitative estimate of drug-likeness (QED) is 0.649. The zero-order valence-electron chi connectivity index (χ0n) is 12.7. The lowest BCUT2D eigenvalue weighted by atomic mass is 9.48. The molecule has 0 spiro atoms. The molecule has 1 heterocycles. The molecule has 0 aromatic heterocycles. The van der Waals surface area contributed by atoms with E-state index in [1.807, 2.05) is 0 Å². The zero-order valence-corrected chi connectivity index (χ0v) is 12.7. The molecule has 0 aromatic carbocycles. The Bertz CT molecular complexity index is 335. The first-order valence-corrected chi connectivity index (χ1v) is 8.06. The van der Waals surface area contributed by atoms with Crippen LogP contribution in [0.25, 0.3) is 0 Å². The molecule has 4 unspecified atom stereocenters. The minimum atomic E-state index is 0.199. The summed E-state index contributed by atoms with van der Waals surface area (Å²) in [6.07, 6.45) is 9.68. The van der Waals surface area contributed by atoms with Gasteiger partial charge in [0.15, 0.2) is 0 Å². The first-order valence-electron chi connectivity index (χ1n) is 8.06. The first kappa shape index (κ1) is 13.0. The Morgan fingerprint density at radius 3 is 2.56 bits per heavy atom. The topological polar surface area (TPSA) is 9.23 Å². The standard InChI is InChI=1S/C17H30O/c1-5-17-10-11-18-16(17,4)9-6-13-12-15(2,3)8-7-14(13)17/h13-14H,5-12H2,1-4H3. The van der Waals surface area contributed by atoms with E-state index in [-0.39, 0.29) is 5.60 Å². The highest BCUT2D eigenvalue weighted by Gasteiger charge is 2.61. The van der Waals surface area contributed by atoms with Gasteiger partial charge < -0.3 is 4.74 Å². The molecule has 1 saturated heterocycles. The van der Waals surface area contributed by atoms with Crippen molar-refractivity contribution >= 4 is 0 Å². The van der Waals surface area contributed by atoms with E-state index in [1.165, 1.54) is 44.9 Å². The summed E-state index contributed by atoms with van der Waals surface area (Å²) in [5.41, 5.74) is 1.29. The highest BCUT2D eigenvalue weighted by Crippen LogP contribution is 2.64. The fourth-order valence-corrected chi connectivity index (χ4v) is 5.81. The van der Waals surface area contributed by atoms with Gasteiger partial charge in [-0.05, 0) is 69.1 Å². The van der Waals surface area contributed by atoms with E-state index in [9.17, 15) is 0 Å². The normalized spacial score (nSPS) is 50.7. The van der Waals surface area contributed by atoms with Gasteiger partial charge in [0.05, 0.1) is 5.60 Å². The van der Waals surface area contributed by atoms with E-state index in [0.717, 1.165) is 18.4 Å². The second kappa shape index (κ2) is 3.98. The Kier molecular flexibility index (Phi) is 2.86. The summed E-state index contributed by atoms with van der Waals surface area (Å²) in [5.74, 6) is 1.92. The lowest BCUT2D eigenvalue weighted by molar-refractivity contribution is -0.144. The molecule has 1 heteroatoms. The number of hydrogen-bond acceptors (Lipinski definition) is 1. The minimum Gasteiger partial charge on any atom is -0.375 e. The molecule has 4 atom stereocenters. The molecule has 104 valence electrons. The SMILES string of the molecule is CCC12CCOC1(C)CCC1CC(C)(C)CCC12. The molecule has 1 aliphatic heterocycles. The summed E-state index contributed by atoms with van der Waals surface area (Å²) in [7, 11) is 0. The van der Waals surface area contributed by atoms with Crippen LogP contribution in [-0.2, 0) is 4.74 Å². The Labute approximate surface area is 113 Å². The van der Waals surface area contributed by atoms with Crippen LogP contribution in [0.1, 0.15) is 72.6 Å². The molecule has 0 N–H and O–H groups in total. The summed E-state index contributed by atoms with van der Waals surface area (Å²) in [6.45, 7) is 10.8. The first-order chi connectivity index (χ1) is 8.43. The van der Waals surface area contributed by atoms with Crippen LogP contribution >= 0.6 is 0 Å². The summed E-state index contributed by atoms with van der Waals surface area (Å²) < 4.78 is 6.24. The molecular weight excluding hydrogens is 220 g/mol. The fourth-order valence-electron chi connectivity index (χ4n) is 5.81. The van der Waals surface area contributed by atoms with E-state index >= 15 is 0 Å². The maximum atomic E-state index is 6.24. The monoisotopic (exact) mass is 250 g/mol. The van der Waals surface area contributed by atoms with E-state index in [2.05, 4.69) is 27.7 Å². The van der Waals surface area contributed by atoms with Gasteiger partial charge in [0.1, 0.15) is 0 Å². The minimum absolute atomic E-state index is 0.199. The number of rotatable bonds is 1. The fraction of sp³-hybridized carbons (Fsp3) is 1.00. The number of ether oxygens (including phenoxy) is 1. The van der Waals surface area contributed by atoms with Gasteiger partial charge in [0, 0.05) is 12.0 Å². The third-order valence-electron chi connectivity index (χ3n) is 6.87. The van der Waals surface area contributed by atoms with Crippen molar-refractivity contribution in [1.82, 2.24) is 0 Å². The third-order valence-corrected chi connectivity index (χ3v) is 6.87. The van der Waals surface area contributed by atoms with E-state index in [0.29, 0.717) is 10.8 Å². The molecule has 3 fully saturated rings. The van der Waals surface area contributed by atoms with Gasteiger partial charge in [-0.2, -0.15) is 0 Å². The van der Waals surface area contributed by atoms with Crippen molar-refractivity contribution in [3.63, 3.8) is 0 Å². The predicted octanol–water partition coefficient (Wildman–Crippen LogP) is 4.80. The summed E-state index contributed by atoms with van der Waals surface area (Å²) in [6, 6.07) is 0. The van der Waals surface area contributed by atoms with Gasteiger partial charge in [-0.1, -0.05) is 20.8 Å². The molecule has 3 rings (SSSR count). The van der Waals surface area contributed by atoms with Crippen LogP contribution in [0.4, 0.5) is 0 Å². The summed E-state index contributed by atoms with van der Waals surface area (Å²) >= 11 is 0. The van der Waals surface area contributed by atoms with Gasteiger partial charge in [-0.15, -0.1) is 0 Å². The lowest BCUT2D eigenvalue weighted by Crippen LogP contribution is -2.55. The molecule has 2 aliphatic carbocycles.